The van der Waals surface area contributed by atoms with Gasteiger partial charge < -0.3 is 10.5 Å². The predicted octanol–water partition coefficient (Wildman–Crippen LogP) is 3.03. The van der Waals surface area contributed by atoms with Gasteiger partial charge in [0.25, 0.3) is 0 Å². The van der Waals surface area contributed by atoms with E-state index in [1.807, 2.05) is 18.3 Å². The zero-order valence-corrected chi connectivity index (χ0v) is 11.3. The maximum Gasteiger partial charge on any atom is 0.0891 e. The summed E-state index contributed by atoms with van der Waals surface area (Å²) in [5.74, 6) is 0.858. The van der Waals surface area contributed by atoms with Gasteiger partial charge in [-0.2, -0.15) is 0 Å². The lowest BCUT2D eigenvalue weighted by Crippen LogP contribution is -2.22. The van der Waals surface area contributed by atoms with Gasteiger partial charge in [-0.1, -0.05) is 32.3 Å². The molecule has 0 aliphatic heterocycles. The van der Waals surface area contributed by atoms with Crippen molar-refractivity contribution < 1.29 is 4.74 Å². The second-order valence-corrected chi connectivity index (χ2v) is 5.24. The number of nitrogens with zero attached hydrogens (tertiary/aromatic N) is 1. The standard InChI is InChI=1S/C15H24N2O/c1-2-12-4-3-5-15(8-12)18-11-14-7-6-13(9-16)10-17-14/h6-7,10,12,15H,2-5,8-9,11,16H2,1H3. The zero-order chi connectivity index (χ0) is 12.8. The summed E-state index contributed by atoms with van der Waals surface area (Å²) >= 11 is 0. The number of hydrogen-bond donors (Lipinski definition) is 1. The zero-order valence-electron chi connectivity index (χ0n) is 11.3. The second kappa shape index (κ2) is 6.86. The van der Waals surface area contributed by atoms with Crippen molar-refractivity contribution in [3.8, 4) is 0 Å². The van der Waals surface area contributed by atoms with E-state index in [4.69, 9.17) is 10.5 Å². The minimum atomic E-state index is 0.430. The Morgan fingerprint density at radius 2 is 2.28 bits per heavy atom. The molecule has 1 aliphatic carbocycles. The highest BCUT2D eigenvalue weighted by Gasteiger charge is 2.21. The highest BCUT2D eigenvalue weighted by atomic mass is 16.5. The maximum absolute atomic E-state index is 5.98. The summed E-state index contributed by atoms with van der Waals surface area (Å²) < 4.78 is 5.98. The highest BCUT2D eigenvalue weighted by Crippen LogP contribution is 2.28. The molecule has 1 heterocycles. The van der Waals surface area contributed by atoms with Crippen LogP contribution < -0.4 is 5.73 Å². The van der Waals surface area contributed by atoms with Crippen LogP contribution in [0.3, 0.4) is 0 Å². The molecule has 3 heteroatoms. The quantitative estimate of drug-likeness (QED) is 0.871. The molecular weight excluding hydrogens is 224 g/mol. The van der Waals surface area contributed by atoms with Gasteiger partial charge in [-0.05, 0) is 30.4 Å². The first kappa shape index (κ1) is 13.5. The van der Waals surface area contributed by atoms with E-state index in [9.17, 15) is 0 Å². The topological polar surface area (TPSA) is 48.1 Å². The average molecular weight is 248 g/mol. The van der Waals surface area contributed by atoms with Gasteiger partial charge in [0.05, 0.1) is 18.4 Å². The number of aromatic nitrogens is 1. The lowest BCUT2D eigenvalue weighted by atomic mass is 9.85. The Bertz CT molecular complexity index is 350. The molecule has 0 amide bonds. The number of hydrogen-bond acceptors (Lipinski definition) is 3. The first-order chi connectivity index (χ1) is 8.81. The van der Waals surface area contributed by atoms with Crippen molar-refractivity contribution >= 4 is 0 Å². The van der Waals surface area contributed by atoms with Crippen molar-refractivity contribution in [2.24, 2.45) is 11.7 Å². The number of rotatable bonds is 5. The smallest absolute Gasteiger partial charge is 0.0891 e. The Hall–Kier alpha value is -0.930. The monoisotopic (exact) mass is 248 g/mol. The van der Waals surface area contributed by atoms with Crippen LogP contribution in [0.2, 0.25) is 0 Å². The molecule has 0 aromatic carbocycles. The highest BCUT2D eigenvalue weighted by molar-refractivity contribution is 5.13. The molecule has 0 saturated heterocycles. The summed E-state index contributed by atoms with van der Waals surface area (Å²) in [6, 6.07) is 4.05. The van der Waals surface area contributed by atoms with Crippen LogP contribution in [0.5, 0.6) is 0 Å². The summed E-state index contributed by atoms with van der Waals surface area (Å²) in [5.41, 5.74) is 7.63. The Morgan fingerprint density at radius 1 is 1.39 bits per heavy atom. The molecule has 0 bridgehead atoms. The van der Waals surface area contributed by atoms with E-state index in [0.717, 1.165) is 17.2 Å². The van der Waals surface area contributed by atoms with Gasteiger partial charge in [-0.3, -0.25) is 4.98 Å². The summed E-state index contributed by atoms with van der Waals surface area (Å²) in [5, 5.41) is 0. The first-order valence-corrected chi connectivity index (χ1v) is 7.07. The minimum absolute atomic E-state index is 0.430. The van der Waals surface area contributed by atoms with Crippen molar-refractivity contribution in [2.45, 2.75) is 58.3 Å². The van der Waals surface area contributed by atoms with E-state index in [1.54, 1.807) is 0 Å². The second-order valence-electron chi connectivity index (χ2n) is 5.24. The van der Waals surface area contributed by atoms with Gasteiger partial charge in [-0.15, -0.1) is 0 Å². The van der Waals surface area contributed by atoms with Crippen LogP contribution in [-0.2, 0) is 17.9 Å². The molecule has 0 radical (unpaired) electrons. The lowest BCUT2D eigenvalue weighted by Gasteiger charge is -2.28. The van der Waals surface area contributed by atoms with Crippen LogP contribution in [0.15, 0.2) is 18.3 Å². The summed E-state index contributed by atoms with van der Waals surface area (Å²) in [6.45, 7) is 3.46. The van der Waals surface area contributed by atoms with Crippen molar-refractivity contribution in [1.82, 2.24) is 4.98 Å². The number of nitrogens with two attached hydrogens (primary N) is 1. The largest absolute Gasteiger partial charge is 0.372 e. The molecule has 1 aromatic rings. The van der Waals surface area contributed by atoms with Crippen LogP contribution >= 0.6 is 0 Å². The van der Waals surface area contributed by atoms with E-state index < -0.39 is 0 Å². The van der Waals surface area contributed by atoms with E-state index in [-0.39, 0.29) is 0 Å². The lowest BCUT2D eigenvalue weighted by molar-refractivity contribution is 0.000343. The van der Waals surface area contributed by atoms with Crippen molar-refractivity contribution in [2.75, 3.05) is 0 Å². The third kappa shape index (κ3) is 3.79. The molecule has 3 nitrogen and oxygen atoms in total. The summed E-state index contributed by atoms with van der Waals surface area (Å²) in [6.07, 6.45) is 8.66. The number of ether oxygens (including phenoxy) is 1. The molecule has 1 aromatic heterocycles. The molecule has 18 heavy (non-hydrogen) atoms. The third-order valence-electron chi connectivity index (χ3n) is 3.90. The normalized spacial score (nSPS) is 24.1. The SMILES string of the molecule is CCC1CCCC(OCc2ccc(CN)cn2)C1. The average Bonchev–Trinajstić information content (AvgIpc) is 2.46. The maximum atomic E-state index is 5.98. The third-order valence-corrected chi connectivity index (χ3v) is 3.90. The van der Waals surface area contributed by atoms with Crippen molar-refractivity contribution in [3.05, 3.63) is 29.6 Å². The number of pyridine rings is 1. The Labute approximate surface area is 110 Å². The molecule has 1 aliphatic rings. The van der Waals surface area contributed by atoms with Gasteiger partial charge in [0.15, 0.2) is 0 Å². The fourth-order valence-electron chi connectivity index (χ4n) is 2.63. The molecule has 1 fully saturated rings. The van der Waals surface area contributed by atoms with Crippen molar-refractivity contribution in [1.29, 1.82) is 0 Å². The van der Waals surface area contributed by atoms with E-state index in [2.05, 4.69) is 11.9 Å². The van der Waals surface area contributed by atoms with Gasteiger partial charge >= 0.3 is 0 Å². The van der Waals surface area contributed by atoms with Gasteiger partial charge in [0.2, 0.25) is 0 Å². The van der Waals surface area contributed by atoms with Crippen LogP contribution in [0, 0.1) is 5.92 Å². The van der Waals surface area contributed by atoms with Crippen LogP contribution in [-0.4, -0.2) is 11.1 Å². The summed E-state index contributed by atoms with van der Waals surface area (Å²) in [4.78, 5) is 4.37. The molecule has 2 atom stereocenters. The molecule has 0 spiro atoms. The van der Waals surface area contributed by atoms with Gasteiger partial charge in [-0.25, -0.2) is 0 Å². The van der Waals surface area contributed by atoms with Crippen molar-refractivity contribution in [3.63, 3.8) is 0 Å². The van der Waals surface area contributed by atoms with Crippen LogP contribution in [0.1, 0.15) is 50.3 Å². The fraction of sp³-hybridized carbons (Fsp3) is 0.667. The Morgan fingerprint density at radius 3 is 2.94 bits per heavy atom. The first-order valence-electron chi connectivity index (χ1n) is 7.07. The predicted molar refractivity (Wildman–Crippen MR) is 73.0 cm³/mol. The molecule has 2 unspecified atom stereocenters. The Balaban J connectivity index is 1.79. The minimum Gasteiger partial charge on any atom is -0.372 e. The van der Waals surface area contributed by atoms with E-state index >= 15 is 0 Å². The van der Waals surface area contributed by atoms with Crippen LogP contribution in [0.4, 0.5) is 0 Å². The summed E-state index contributed by atoms with van der Waals surface area (Å²) in [7, 11) is 0. The molecule has 100 valence electrons. The fourth-order valence-corrected chi connectivity index (χ4v) is 2.63. The Kier molecular flexibility index (Phi) is 5.14. The molecule has 2 rings (SSSR count). The van der Waals surface area contributed by atoms with E-state index in [0.29, 0.717) is 19.3 Å². The molecular formula is C15H24N2O. The molecule has 1 saturated carbocycles. The molecule has 2 N–H and O–H groups in total. The van der Waals surface area contributed by atoms with Gasteiger partial charge in [0, 0.05) is 12.7 Å². The van der Waals surface area contributed by atoms with Gasteiger partial charge in [0.1, 0.15) is 0 Å². The van der Waals surface area contributed by atoms with Crippen LogP contribution in [0.25, 0.3) is 0 Å². The van der Waals surface area contributed by atoms with E-state index in [1.165, 1.54) is 32.1 Å².